The molecular weight excluding hydrogens is 222 g/mol. The molecule has 1 amide bonds. The van der Waals surface area contributed by atoms with E-state index in [1.54, 1.807) is 0 Å². The van der Waals surface area contributed by atoms with Crippen LogP contribution in [0, 0.1) is 11.3 Å². The van der Waals surface area contributed by atoms with Crippen molar-refractivity contribution in [1.82, 2.24) is 5.32 Å². The van der Waals surface area contributed by atoms with E-state index in [1.807, 2.05) is 0 Å². The Hall–Kier alpha value is -1.10. The number of carbonyl (C=O) groups excluding carboxylic acids is 1. The molecule has 2 N–H and O–H groups in total. The monoisotopic (exact) mass is 241 g/mol. The van der Waals surface area contributed by atoms with Crippen LogP contribution in [0.3, 0.4) is 0 Å². The van der Waals surface area contributed by atoms with Crippen LogP contribution in [0.4, 0.5) is 0 Å². The van der Waals surface area contributed by atoms with Gasteiger partial charge in [0.05, 0.1) is 6.61 Å². The molecule has 0 aromatic rings. The molecule has 0 aromatic heterocycles. The Balaban J connectivity index is 1.87. The van der Waals surface area contributed by atoms with Gasteiger partial charge in [-0.25, -0.2) is 4.79 Å². The first-order chi connectivity index (χ1) is 8.09. The van der Waals surface area contributed by atoms with Crippen molar-refractivity contribution in [2.24, 2.45) is 11.3 Å². The largest absolute Gasteiger partial charge is 0.480 e. The maximum Gasteiger partial charge on any atom is 0.328 e. The number of nitrogens with one attached hydrogen (secondary N) is 1. The van der Waals surface area contributed by atoms with Crippen LogP contribution in [0.25, 0.3) is 0 Å². The average molecular weight is 241 g/mol. The Morgan fingerprint density at radius 3 is 2.65 bits per heavy atom. The molecule has 2 rings (SSSR count). The zero-order valence-corrected chi connectivity index (χ0v) is 10.1. The molecule has 0 bridgehead atoms. The van der Waals surface area contributed by atoms with Gasteiger partial charge in [0.15, 0.2) is 6.04 Å². The van der Waals surface area contributed by atoms with Gasteiger partial charge in [0.1, 0.15) is 0 Å². The summed E-state index contributed by atoms with van der Waals surface area (Å²) in [7, 11) is 1.43. The zero-order chi connectivity index (χ0) is 12.5. The van der Waals surface area contributed by atoms with Gasteiger partial charge < -0.3 is 15.2 Å². The van der Waals surface area contributed by atoms with Crippen LogP contribution < -0.4 is 5.32 Å². The second-order valence-electron chi connectivity index (χ2n) is 5.18. The third-order valence-corrected chi connectivity index (χ3v) is 4.05. The lowest BCUT2D eigenvalue weighted by molar-refractivity contribution is -0.143. The lowest BCUT2D eigenvalue weighted by Gasteiger charge is -2.14. The minimum absolute atomic E-state index is 0.0147. The highest BCUT2D eigenvalue weighted by Gasteiger charge is 2.58. The molecule has 2 fully saturated rings. The standard InChI is InChI=1S/C12H19NO4/c1-17-7-9(11(15)16)13-10(14)8-6-12(8)4-2-3-5-12/h8-9H,2-7H2,1H3,(H,13,14)(H,15,16). The van der Waals surface area contributed by atoms with E-state index < -0.39 is 12.0 Å². The van der Waals surface area contributed by atoms with Gasteiger partial charge in [0.25, 0.3) is 0 Å². The predicted octanol–water partition coefficient (Wildman–Crippen LogP) is 0.782. The van der Waals surface area contributed by atoms with Gasteiger partial charge in [-0.15, -0.1) is 0 Å². The van der Waals surface area contributed by atoms with Crippen molar-refractivity contribution in [2.75, 3.05) is 13.7 Å². The van der Waals surface area contributed by atoms with Gasteiger partial charge in [-0.1, -0.05) is 12.8 Å². The lowest BCUT2D eigenvalue weighted by atomic mass is 10.0. The maximum absolute atomic E-state index is 11.9. The molecule has 0 saturated heterocycles. The third-order valence-electron chi connectivity index (χ3n) is 4.05. The second-order valence-corrected chi connectivity index (χ2v) is 5.18. The summed E-state index contributed by atoms with van der Waals surface area (Å²) in [5, 5.41) is 11.5. The second kappa shape index (κ2) is 4.64. The van der Waals surface area contributed by atoms with E-state index in [0.29, 0.717) is 0 Å². The molecule has 5 nitrogen and oxygen atoms in total. The van der Waals surface area contributed by atoms with Crippen molar-refractivity contribution in [3.8, 4) is 0 Å². The Morgan fingerprint density at radius 1 is 1.47 bits per heavy atom. The highest BCUT2D eigenvalue weighted by atomic mass is 16.5. The van der Waals surface area contributed by atoms with Crippen LogP contribution in [0.15, 0.2) is 0 Å². The van der Waals surface area contributed by atoms with Crippen molar-refractivity contribution < 1.29 is 19.4 Å². The number of rotatable bonds is 5. The van der Waals surface area contributed by atoms with Crippen LogP contribution in [-0.2, 0) is 14.3 Å². The van der Waals surface area contributed by atoms with E-state index >= 15 is 0 Å². The summed E-state index contributed by atoms with van der Waals surface area (Å²) in [5.41, 5.74) is 0.209. The fourth-order valence-electron chi connectivity index (χ4n) is 2.96. The van der Waals surface area contributed by atoms with Crippen molar-refractivity contribution in [3.05, 3.63) is 0 Å². The normalized spacial score (nSPS) is 26.8. The Kier molecular flexibility index (Phi) is 3.38. The minimum atomic E-state index is -1.04. The van der Waals surface area contributed by atoms with Crippen molar-refractivity contribution in [3.63, 3.8) is 0 Å². The van der Waals surface area contributed by atoms with Crippen LogP contribution in [0.5, 0.6) is 0 Å². The summed E-state index contributed by atoms with van der Waals surface area (Å²) < 4.78 is 4.79. The van der Waals surface area contributed by atoms with Crippen molar-refractivity contribution in [2.45, 2.75) is 38.1 Å². The highest BCUT2D eigenvalue weighted by molar-refractivity contribution is 5.87. The van der Waals surface area contributed by atoms with Crippen LogP contribution in [0.1, 0.15) is 32.1 Å². The maximum atomic E-state index is 11.9. The number of methoxy groups -OCH3 is 1. The SMILES string of the molecule is COCC(NC(=O)C1CC12CCCC2)C(=O)O. The van der Waals surface area contributed by atoms with E-state index in [1.165, 1.54) is 20.0 Å². The Morgan fingerprint density at radius 2 is 2.12 bits per heavy atom. The van der Waals surface area contributed by atoms with E-state index in [2.05, 4.69) is 5.32 Å². The molecule has 17 heavy (non-hydrogen) atoms. The topological polar surface area (TPSA) is 75.6 Å². The molecule has 2 saturated carbocycles. The first-order valence-electron chi connectivity index (χ1n) is 6.11. The number of carboxylic acids is 1. The molecule has 2 unspecified atom stereocenters. The molecule has 0 radical (unpaired) electrons. The molecule has 0 aliphatic heterocycles. The minimum Gasteiger partial charge on any atom is -0.480 e. The molecule has 96 valence electrons. The fraction of sp³-hybridized carbons (Fsp3) is 0.833. The van der Waals surface area contributed by atoms with Gasteiger partial charge >= 0.3 is 5.97 Å². The number of hydrogen-bond acceptors (Lipinski definition) is 3. The van der Waals surface area contributed by atoms with Crippen LogP contribution in [0.2, 0.25) is 0 Å². The highest BCUT2D eigenvalue weighted by Crippen LogP contribution is 2.62. The van der Waals surface area contributed by atoms with E-state index in [0.717, 1.165) is 19.3 Å². The van der Waals surface area contributed by atoms with Gasteiger partial charge in [-0.05, 0) is 24.7 Å². The quantitative estimate of drug-likeness (QED) is 0.746. The molecule has 1 spiro atoms. The summed E-state index contributed by atoms with van der Waals surface area (Å²) in [5.74, 6) is -1.12. The van der Waals surface area contributed by atoms with Gasteiger partial charge in [-0.2, -0.15) is 0 Å². The Labute approximate surface area is 101 Å². The number of carboxylic acid groups (broad SMARTS) is 1. The molecular formula is C12H19NO4. The van der Waals surface area contributed by atoms with Gasteiger partial charge in [-0.3, -0.25) is 4.79 Å². The molecule has 0 heterocycles. The predicted molar refractivity (Wildman–Crippen MR) is 60.5 cm³/mol. The molecule has 2 aliphatic rings. The first-order valence-corrected chi connectivity index (χ1v) is 6.11. The van der Waals surface area contributed by atoms with Crippen molar-refractivity contribution >= 4 is 11.9 Å². The number of carbonyl (C=O) groups is 2. The molecule has 2 aliphatic carbocycles. The van der Waals surface area contributed by atoms with Crippen LogP contribution >= 0.6 is 0 Å². The summed E-state index contributed by atoms with van der Waals surface area (Å²) >= 11 is 0. The van der Waals surface area contributed by atoms with E-state index in [-0.39, 0.29) is 23.8 Å². The Bertz CT molecular complexity index is 322. The molecule has 2 atom stereocenters. The number of amides is 1. The smallest absolute Gasteiger partial charge is 0.328 e. The number of hydrogen-bond donors (Lipinski definition) is 2. The van der Waals surface area contributed by atoms with Crippen LogP contribution in [-0.4, -0.2) is 36.7 Å². The summed E-state index contributed by atoms with van der Waals surface area (Å²) in [6, 6.07) is -0.924. The summed E-state index contributed by atoms with van der Waals surface area (Å²) in [6.07, 6.45) is 5.56. The molecule has 5 heteroatoms. The van der Waals surface area contributed by atoms with E-state index in [4.69, 9.17) is 9.84 Å². The zero-order valence-electron chi connectivity index (χ0n) is 10.1. The number of aliphatic carboxylic acids is 1. The molecule has 0 aromatic carbocycles. The first kappa shape index (κ1) is 12.4. The van der Waals surface area contributed by atoms with Gasteiger partial charge in [0.2, 0.25) is 5.91 Å². The third kappa shape index (κ3) is 2.44. The fourth-order valence-corrected chi connectivity index (χ4v) is 2.96. The average Bonchev–Trinajstić information content (AvgIpc) is 2.76. The van der Waals surface area contributed by atoms with E-state index in [9.17, 15) is 9.59 Å². The number of ether oxygens (including phenoxy) is 1. The van der Waals surface area contributed by atoms with Crippen molar-refractivity contribution in [1.29, 1.82) is 0 Å². The lowest BCUT2D eigenvalue weighted by Crippen LogP contribution is -2.45. The summed E-state index contributed by atoms with van der Waals surface area (Å²) in [4.78, 5) is 22.8. The van der Waals surface area contributed by atoms with Gasteiger partial charge in [0, 0.05) is 13.0 Å². The summed E-state index contributed by atoms with van der Waals surface area (Å²) in [6.45, 7) is 0.0147.